The maximum absolute atomic E-state index is 13.4. The molecule has 1 atom stereocenters. The van der Waals surface area contributed by atoms with Crippen molar-refractivity contribution in [2.24, 2.45) is 5.92 Å². The number of aromatic nitrogens is 1. The summed E-state index contributed by atoms with van der Waals surface area (Å²) in [5.41, 5.74) is 2.23. The van der Waals surface area contributed by atoms with Gasteiger partial charge in [0.05, 0.1) is 5.92 Å². The molecule has 5 nitrogen and oxygen atoms in total. The van der Waals surface area contributed by atoms with Crippen molar-refractivity contribution in [3.8, 4) is 11.5 Å². The molecule has 1 amide bonds. The van der Waals surface area contributed by atoms with E-state index in [9.17, 15) is 14.0 Å². The number of rotatable bonds is 3. The van der Waals surface area contributed by atoms with Gasteiger partial charge in [-0.15, -0.1) is 0 Å². The molecule has 0 saturated carbocycles. The molecular formula is C18H12ClFN2O3. The molecule has 2 heterocycles. The quantitative estimate of drug-likeness (QED) is 0.669. The Kier molecular flexibility index (Phi) is 3.77. The molecule has 0 unspecified atom stereocenters. The Bertz CT molecular complexity index is 1000. The summed E-state index contributed by atoms with van der Waals surface area (Å²) in [5, 5.41) is -0.508. The second-order valence-corrected chi connectivity index (χ2v) is 6.26. The lowest BCUT2D eigenvalue weighted by Crippen LogP contribution is -2.25. The lowest BCUT2D eigenvalue weighted by molar-refractivity contribution is -0.120. The van der Waals surface area contributed by atoms with Gasteiger partial charge in [0.1, 0.15) is 11.3 Å². The molecule has 1 fully saturated rings. The standard InChI is InChI=1S/C18H12ClFN2O3/c19-17(24)11-7-16(23)22(9-11)13-4-5-15-14(8-13)21-18(25-15)10-2-1-3-12(20)6-10/h1-6,8,11H,7,9H2/t11-/m1/s1. The van der Waals surface area contributed by atoms with Crippen molar-refractivity contribution >= 4 is 39.5 Å². The lowest BCUT2D eigenvalue weighted by atomic mass is 10.1. The summed E-state index contributed by atoms with van der Waals surface area (Å²) in [5.74, 6) is -0.731. The summed E-state index contributed by atoms with van der Waals surface area (Å²) in [7, 11) is 0. The van der Waals surface area contributed by atoms with E-state index >= 15 is 0 Å². The third kappa shape index (κ3) is 2.89. The number of amides is 1. The van der Waals surface area contributed by atoms with Crippen molar-refractivity contribution in [1.29, 1.82) is 0 Å². The van der Waals surface area contributed by atoms with Gasteiger partial charge in [-0.2, -0.15) is 0 Å². The van der Waals surface area contributed by atoms with E-state index in [4.69, 9.17) is 16.0 Å². The number of hydrogen-bond acceptors (Lipinski definition) is 4. The second-order valence-electron chi connectivity index (χ2n) is 5.89. The first-order chi connectivity index (χ1) is 12.0. The van der Waals surface area contributed by atoms with Gasteiger partial charge in [-0.05, 0) is 48.0 Å². The van der Waals surface area contributed by atoms with Crippen LogP contribution in [0, 0.1) is 11.7 Å². The summed E-state index contributed by atoms with van der Waals surface area (Å²) in [4.78, 5) is 29.3. The highest BCUT2D eigenvalue weighted by Crippen LogP contribution is 2.31. The molecule has 0 spiro atoms. The summed E-state index contributed by atoms with van der Waals surface area (Å²) >= 11 is 5.51. The van der Waals surface area contributed by atoms with Crippen LogP contribution in [0.2, 0.25) is 0 Å². The number of carbonyl (C=O) groups is 2. The largest absolute Gasteiger partial charge is 0.436 e. The summed E-state index contributed by atoms with van der Waals surface area (Å²) in [6.45, 7) is 0.251. The van der Waals surface area contributed by atoms with Crippen LogP contribution in [0.1, 0.15) is 6.42 Å². The number of oxazole rings is 1. The number of carbonyl (C=O) groups excluding carboxylic acids is 2. The van der Waals surface area contributed by atoms with Crippen LogP contribution in [0.3, 0.4) is 0 Å². The number of fused-ring (bicyclic) bond motifs is 1. The van der Waals surface area contributed by atoms with Gasteiger partial charge in [0.2, 0.25) is 17.0 Å². The highest BCUT2D eigenvalue weighted by atomic mass is 35.5. The van der Waals surface area contributed by atoms with Crippen LogP contribution in [-0.4, -0.2) is 22.7 Å². The van der Waals surface area contributed by atoms with E-state index in [2.05, 4.69) is 4.98 Å². The van der Waals surface area contributed by atoms with E-state index in [-0.39, 0.29) is 24.7 Å². The first kappa shape index (κ1) is 15.8. The summed E-state index contributed by atoms with van der Waals surface area (Å²) < 4.78 is 19.0. The second kappa shape index (κ2) is 5.97. The zero-order valence-corrected chi connectivity index (χ0v) is 13.7. The molecule has 25 heavy (non-hydrogen) atoms. The molecule has 1 saturated heterocycles. The minimum absolute atomic E-state index is 0.105. The average molecular weight is 359 g/mol. The van der Waals surface area contributed by atoms with Gasteiger partial charge < -0.3 is 9.32 Å². The Morgan fingerprint density at radius 2 is 2.12 bits per heavy atom. The Labute approximate surface area is 147 Å². The maximum Gasteiger partial charge on any atom is 0.227 e. The van der Waals surface area contributed by atoms with Crippen LogP contribution in [-0.2, 0) is 9.59 Å². The molecule has 7 heteroatoms. The predicted molar refractivity (Wildman–Crippen MR) is 90.7 cm³/mol. The molecule has 1 aliphatic rings. The number of anilines is 1. The molecule has 126 valence electrons. The predicted octanol–water partition coefficient (Wildman–Crippen LogP) is 3.75. The van der Waals surface area contributed by atoms with Gasteiger partial charge in [-0.3, -0.25) is 9.59 Å². The normalized spacial score (nSPS) is 17.4. The van der Waals surface area contributed by atoms with Gasteiger partial charge in [0, 0.05) is 24.2 Å². The molecule has 2 aromatic carbocycles. The van der Waals surface area contributed by atoms with E-state index in [0.717, 1.165) is 0 Å². The third-order valence-corrected chi connectivity index (χ3v) is 4.51. The first-order valence-electron chi connectivity index (χ1n) is 7.67. The number of halogens is 2. The van der Waals surface area contributed by atoms with Gasteiger partial charge >= 0.3 is 0 Å². The van der Waals surface area contributed by atoms with E-state index < -0.39 is 11.2 Å². The fraction of sp³-hybridized carbons (Fsp3) is 0.167. The fourth-order valence-corrected chi connectivity index (χ4v) is 3.08. The monoisotopic (exact) mass is 358 g/mol. The molecule has 3 aromatic rings. The Morgan fingerprint density at radius 3 is 2.84 bits per heavy atom. The average Bonchev–Trinajstić information content (AvgIpc) is 3.17. The smallest absolute Gasteiger partial charge is 0.227 e. The zero-order chi connectivity index (χ0) is 17.6. The number of nitrogens with zero attached hydrogens (tertiary/aromatic N) is 2. The Hall–Kier alpha value is -2.73. The summed E-state index contributed by atoms with van der Waals surface area (Å²) in [6.07, 6.45) is 0.105. The lowest BCUT2D eigenvalue weighted by Gasteiger charge is -2.15. The molecule has 1 aliphatic heterocycles. The van der Waals surface area contributed by atoms with Crippen LogP contribution in [0.25, 0.3) is 22.6 Å². The van der Waals surface area contributed by atoms with Gasteiger partial charge in [0.25, 0.3) is 0 Å². The molecule has 0 aliphatic carbocycles. The minimum atomic E-state index is -0.508. The van der Waals surface area contributed by atoms with Crippen molar-refractivity contribution in [2.45, 2.75) is 6.42 Å². The van der Waals surface area contributed by atoms with E-state index in [1.165, 1.54) is 17.0 Å². The zero-order valence-electron chi connectivity index (χ0n) is 12.9. The van der Waals surface area contributed by atoms with Gasteiger partial charge in [-0.1, -0.05) is 6.07 Å². The number of hydrogen-bond donors (Lipinski definition) is 0. The van der Waals surface area contributed by atoms with Crippen molar-refractivity contribution in [3.05, 3.63) is 48.3 Å². The van der Waals surface area contributed by atoms with Crippen LogP contribution >= 0.6 is 11.6 Å². The first-order valence-corrected chi connectivity index (χ1v) is 8.05. The van der Waals surface area contributed by atoms with Crippen molar-refractivity contribution in [2.75, 3.05) is 11.4 Å². The van der Waals surface area contributed by atoms with Crippen molar-refractivity contribution in [1.82, 2.24) is 4.98 Å². The molecule has 0 radical (unpaired) electrons. The fourth-order valence-electron chi connectivity index (χ4n) is 2.94. The SMILES string of the molecule is O=C(Cl)[C@@H]1CC(=O)N(c2ccc3oc(-c4cccc(F)c4)nc3c2)C1. The molecule has 1 aromatic heterocycles. The van der Waals surface area contributed by atoms with Crippen LogP contribution < -0.4 is 4.90 Å². The molecule has 0 bridgehead atoms. The van der Waals surface area contributed by atoms with Crippen molar-refractivity contribution < 1.29 is 18.4 Å². The molecule has 4 rings (SSSR count). The van der Waals surface area contributed by atoms with E-state index in [1.54, 1.807) is 30.3 Å². The Morgan fingerprint density at radius 1 is 1.28 bits per heavy atom. The Balaban J connectivity index is 1.69. The van der Waals surface area contributed by atoms with Gasteiger partial charge in [0.15, 0.2) is 5.58 Å². The summed E-state index contributed by atoms with van der Waals surface area (Å²) in [6, 6.07) is 11.1. The molecular weight excluding hydrogens is 347 g/mol. The van der Waals surface area contributed by atoms with Crippen LogP contribution in [0.15, 0.2) is 46.9 Å². The molecule has 0 N–H and O–H groups in total. The minimum Gasteiger partial charge on any atom is -0.436 e. The number of benzene rings is 2. The maximum atomic E-state index is 13.4. The third-order valence-electron chi connectivity index (χ3n) is 4.20. The highest BCUT2D eigenvalue weighted by molar-refractivity contribution is 6.64. The van der Waals surface area contributed by atoms with E-state index in [0.29, 0.717) is 28.2 Å². The van der Waals surface area contributed by atoms with Crippen LogP contribution in [0.5, 0.6) is 0 Å². The van der Waals surface area contributed by atoms with Crippen molar-refractivity contribution in [3.63, 3.8) is 0 Å². The highest BCUT2D eigenvalue weighted by Gasteiger charge is 2.34. The van der Waals surface area contributed by atoms with E-state index in [1.807, 2.05) is 0 Å². The topological polar surface area (TPSA) is 63.4 Å². The van der Waals surface area contributed by atoms with Gasteiger partial charge in [-0.25, -0.2) is 9.37 Å². The van der Waals surface area contributed by atoms with Crippen LogP contribution in [0.4, 0.5) is 10.1 Å².